The second kappa shape index (κ2) is 11.9. The first kappa shape index (κ1) is 24.8. The molecule has 0 bridgehead atoms. The van der Waals surface area contributed by atoms with Gasteiger partial charge in [0.05, 0.1) is 29.1 Å². The number of nitrogens with one attached hydrogen (secondary N) is 6. The Morgan fingerprint density at radius 2 is 2.18 bits per heavy atom. The molecule has 4 atom stereocenters. The number of amides is 1. The lowest BCUT2D eigenvalue weighted by Gasteiger charge is -2.35. The van der Waals surface area contributed by atoms with Crippen molar-refractivity contribution in [1.82, 2.24) is 36.7 Å². The average molecular weight is 487 g/mol. The van der Waals surface area contributed by atoms with Gasteiger partial charge in [-0.05, 0) is 56.6 Å². The maximum Gasteiger partial charge on any atom is 0.251 e. The van der Waals surface area contributed by atoms with Crippen molar-refractivity contribution in [1.29, 1.82) is 0 Å². The van der Waals surface area contributed by atoms with Crippen molar-refractivity contribution in [3.63, 3.8) is 0 Å². The monoisotopic (exact) mass is 486 g/mol. The maximum atomic E-state index is 12.9. The van der Waals surface area contributed by atoms with E-state index in [1.165, 1.54) is 0 Å². The number of hydrogen-bond donors (Lipinski definition) is 6. The smallest absolute Gasteiger partial charge is 0.251 e. The summed E-state index contributed by atoms with van der Waals surface area (Å²) in [6.45, 7) is 7.66. The summed E-state index contributed by atoms with van der Waals surface area (Å²) in [5.41, 5.74) is 9.07. The van der Waals surface area contributed by atoms with Gasteiger partial charge in [-0.1, -0.05) is 24.6 Å². The van der Waals surface area contributed by atoms with Gasteiger partial charge in [-0.3, -0.25) is 20.0 Å². The zero-order chi connectivity index (χ0) is 23.9. The number of carbonyl (C=O) groups excluding carboxylic acids is 1. The molecule has 1 aromatic carbocycles. The molecule has 184 valence electrons. The van der Waals surface area contributed by atoms with E-state index in [4.69, 9.17) is 11.6 Å². The van der Waals surface area contributed by atoms with Gasteiger partial charge in [0.25, 0.3) is 5.91 Å². The molecule has 4 rings (SSSR count). The van der Waals surface area contributed by atoms with Crippen molar-refractivity contribution in [2.24, 2.45) is 0 Å². The van der Waals surface area contributed by atoms with Gasteiger partial charge in [0.15, 0.2) is 0 Å². The molecule has 2 aliphatic heterocycles. The lowest BCUT2D eigenvalue weighted by Crippen LogP contribution is -2.58. The molecular weight excluding hydrogens is 452 g/mol. The molecular formula is C24H35ClN8O. The van der Waals surface area contributed by atoms with Crippen LogP contribution in [0.4, 0.5) is 5.69 Å². The number of hydrogen-bond acceptors (Lipinski definition) is 8. The Morgan fingerprint density at radius 1 is 1.29 bits per heavy atom. The SMILES string of the molecule is CCCN1C(CNc2cccc(C(=O)N[C@H](C)c3ncccc3Cl)c2)NNC1C1CCNCN1. The topological polar surface area (TPSA) is 105 Å². The van der Waals surface area contributed by atoms with Gasteiger partial charge in [-0.2, -0.15) is 0 Å². The van der Waals surface area contributed by atoms with Crippen molar-refractivity contribution >= 4 is 23.2 Å². The van der Waals surface area contributed by atoms with Crippen LogP contribution in [-0.4, -0.2) is 60.5 Å². The maximum absolute atomic E-state index is 12.9. The van der Waals surface area contributed by atoms with Crippen LogP contribution in [0.2, 0.25) is 5.02 Å². The molecule has 0 spiro atoms. The molecule has 1 aromatic heterocycles. The predicted octanol–water partition coefficient (Wildman–Crippen LogP) is 2.02. The van der Waals surface area contributed by atoms with E-state index in [2.05, 4.69) is 48.9 Å². The van der Waals surface area contributed by atoms with E-state index in [1.807, 2.05) is 31.2 Å². The summed E-state index contributed by atoms with van der Waals surface area (Å²) in [7, 11) is 0. The summed E-state index contributed by atoms with van der Waals surface area (Å²) in [5.74, 6) is -0.164. The minimum Gasteiger partial charge on any atom is -0.382 e. The summed E-state index contributed by atoms with van der Waals surface area (Å²) < 4.78 is 0. The number of halogens is 1. The van der Waals surface area contributed by atoms with Gasteiger partial charge in [0.2, 0.25) is 0 Å². The number of carbonyl (C=O) groups is 1. The molecule has 0 saturated carbocycles. The van der Waals surface area contributed by atoms with E-state index in [9.17, 15) is 4.79 Å². The Bertz CT molecular complexity index is 954. The molecule has 2 saturated heterocycles. The van der Waals surface area contributed by atoms with Crippen LogP contribution in [0.25, 0.3) is 0 Å². The molecule has 2 aromatic rings. The van der Waals surface area contributed by atoms with Crippen molar-refractivity contribution in [2.45, 2.75) is 51.1 Å². The molecule has 0 radical (unpaired) electrons. The number of benzene rings is 1. The number of hydrazine groups is 1. The van der Waals surface area contributed by atoms with Crippen molar-refractivity contribution in [2.75, 3.05) is 31.6 Å². The van der Waals surface area contributed by atoms with Crippen molar-refractivity contribution in [3.05, 3.63) is 58.9 Å². The normalized spacial score (nSPS) is 24.0. The first-order valence-corrected chi connectivity index (χ1v) is 12.4. The third-order valence-electron chi connectivity index (χ3n) is 6.31. The van der Waals surface area contributed by atoms with E-state index in [0.29, 0.717) is 28.9 Å². The molecule has 3 heterocycles. The molecule has 6 N–H and O–H groups in total. The summed E-state index contributed by atoms with van der Waals surface area (Å²) in [5, 5.41) is 13.9. The fourth-order valence-corrected chi connectivity index (χ4v) is 4.85. The molecule has 0 aliphatic carbocycles. The Hall–Kier alpha value is -2.27. The average Bonchev–Trinajstić information content (AvgIpc) is 3.26. The minimum atomic E-state index is -0.297. The summed E-state index contributed by atoms with van der Waals surface area (Å²) >= 11 is 6.23. The molecule has 2 fully saturated rings. The van der Waals surface area contributed by atoms with Crippen LogP contribution in [0, 0.1) is 0 Å². The van der Waals surface area contributed by atoms with Crippen molar-refractivity contribution in [3.8, 4) is 0 Å². The molecule has 10 heteroatoms. The lowest BCUT2D eigenvalue weighted by atomic mass is 10.1. The number of pyridine rings is 1. The van der Waals surface area contributed by atoms with E-state index < -0.39 is 0 Å². The Morgan fingerprint density at radius 3 is 2.94 bits per heavy atom. The Balaban J connectivity index is 1.35. The second-order valence-corrected chi connectivity index (χ2v) is 9.20. The summed E-state index contributed by atoms with van der Waals surface area (Å²) in [6, 6.07) is 11.2. The van der Waals surface area contributed by atoms with Crippen LogP contribution in [0.3, 0.4) is 0 Å². The molecule has 9 nitrogen and oxygen atoms in total. The van der Waals surface area contributed by atoms with Crippen LogP contribution in [-0.2, 0) is 0 Å². The zero-order valence-electron chi connectivity index (χ0n) is 19.8. The predicted molar refractivity (Wildman–Crippen MR) is 135 cm³/mol. The van der Waals surface area contributed by atoms with Gasteiger partial charge in [-0.25, -0.2) is 10.9 Å². The van der Waals surface area contributed by atoms with Gasteiger partial charge in [0.1, 0.15) is 0 Å². The summed E-state index contributed by atoms with van der Waals surface area (Å²) in [6.07, 6.45) is 4.22. The highest BCUT2D eigenvalue weighted by atomic mass is 35.5. The highest BCUT2D eigenvalue weighted by Crippen LogP contribution is 2.21. The molecule has 34 heavy (non-hydrogen) atoms. The van der Waals surface area contributed by atoms with Crippen LogP contribution in [0.1, 0.15) is 48.8 Å². The van der Waals surface area contributed by atoms with Crippen LogP contribution >= 0.6 is 11.6 Å². The van der Waals surface area contributed by atoms with Crippen molar-refractivity contribution < 1.29 is 4.79 Å². The van der Waals surface area contributed by atoms with Gasteiger partial charge in [-0.15, -0.1) is 0 Å². The lowest BCUT2D eigenvalue weighted by molar-refractivity contribution is 0.0939. The third-order valence-corrected chi connectivity index (χ3v) is 6.63. The molecule has 2 aliphatic rings. The zero-order valence-corrected chi connectivity index (χ0v) is 20.5. The van der Waals surface area contributed by atoms with Gasteiger partial charge in [0, 0.05) is 43.2 Å². The van der Waals surface area contributed by atoms with E-state index in [0.717, 1.165) is 38.3 Å². The quantitative estimate of drug-likeness (QED) is 0.320. The third kappa shape index (κ3) is 6.04. The first-order chi connectivity index (χ1) is 16.6. The van der Waals surface area contributed by atoms with Crippen LogP contribution in [0.15, 0.2) is 42.6 Å². The second-order valence-electron chi connectivity index (χ2n) is 8.79. The number of rotatable bonds is 9. The minimum absolute atomic E-state index is 0.144. The Labute approximate surface area is 206 Å². The Kier molecular flexibility index (Phi) is 8.71. The van der Waals surface area contributed by atoms with E-state index in [-0.39, 0.29) is 24.3 Å². The highest BCUT2D eigenvalue weighted by molar-refractivity contribution is 6.31. The van der Waals surface area contributed by atoms with Gasteiger partial charge >= 0.3 is 0 Å². The highest BCUT2D eigenvalue weighted by Gasteiger charge is 2.37. The number of anilines is 1. The fourth-order valence-electron chi connectivity index (χ4n) is 4.56. The summed E-state index contributed by atoms with van der Waals surface area (Å²) in [4.78, 5) is 19.6. The standard InChI is InChI=1S/C24H35ClN8O/c1-3-12-33-21(31-32-23(33)20-9-11-26-15-29-20)14-28-18-7-4-6-17(13-18)24(34)30-16(2)22-19(25)8-5-10-27-22/h4-8,10,13,16,20-21,23,26,28-29,31-32H,3,9,11-12,14-15H2,1-2H3,(H,30,34)/t16-,20?,21?,23?/m1/s1. The van der Waals surface area contributed by atoms with Crippen LogP contribution in [0.5, 0.6) is 0 Å². The van der Waals surface area contributed by atoms with Gasteiger partial charge < -0.3 is 16.0 Å². The molecule has 3 unspecified atom stereocenters. The first-order valence-electron chi connectivity index (χ1n) is 12.0. The number of nitrogens with zero attached hydrogens (tertiary/aromatic N) is 2. The molecule has 1 amide bonds. The van der Waals surface area contributed by atoms with E-state index >= 15 is 0 Å². The number of aromatic nitrogens is 1. The van der Waals surface area contributed by atoms with E-state index in [1.54, 1.807) is 18.3 Å². The van der Waals surface area contributed by atoms with Crippen LogP contribution < -0.4 is 32.1 Å². The fraction of sp³-hybridized carbons (Fsp3) is 0.500. The largest absolute Gasteiger partial charge is 0.382 e.